The summed E-state index contributed by atoms with van der Waals surface area (Å²) in [4.78, 5) is 11.9. The van der Waals surface area contributed by atoms with Gasteiger partial charge in [0.2, 0.25) is 5.91 Å². The van der Waals surface area contributed by atoms with Gasteiger partial charge in [-0.3, -0.25) is 10.2 Å². The summed E-state index contributed by atoms with van der Waals surface area (Å²) in [5.74, 6) is 0.185. The Labute approximate surface area is 162 Å². The lowest BCUT2D eigenvalue weighted by Crippen LogP contribution is -2.52. The molecule has 0 aromatic heterocycles. The van der Waals surface area contributed by atoms with E-state index in [0.717, 1.165) is 32.6 Å². The summed E-state index contributed by atoms with van der Waals surface area (Å²) in [7, 11) is 0. The predicted octanol–water partition coefficient (Wildman–Crippen LogP) is 4.96. The first-order valence-corrected chi connectivity index (χ1v) is 11.2. The van der Waals surface area contributed by atoms with Crippen LogP contribution in [0.25, 0.3) is 0 Å². The molecule has 0 saturated carbocycles. The molecule has 0 aromatic carbocycles. The maximum Gasteiger partial charge on any atom is 0.234 e. The zero-order valence-corrected chi connectivity index (χ0v) is 17.2. The van der Waals surface area contributed by atoms with Gasteiger partial charge in [-0.25, -0.2) is 5.01 Å². The summed E-state index contributed by atoms with van der Waals surface area (Å²) in [6.45, 7) is 6.03. The number of piperazine rings is 1. The van der Waals surface area contributed by atoms with Gasteiger partial charge < -0.3 is 5.32 Å². The van der Waals surface area contributed by atoms with Gasteiger partial charge in [-0.05, 0) is 32.1 Å². The van der Waals surface area contributed by atoms with E-state index in [1.54, 1.807) is 0 Å². The predicted molar refractivity (Wildman–Crippen MR) is 112 cm³/mol. The van der Waals surface area contributed by atoms with E-state index in [9.17, 15) is 4.79 Å². The van der Waals surface area contributed by atoms with Crippen molar-refractivity contribution in [1.29, 1.82) is 0 Å². The van der Waals surface area contributed by atoms with Crippen LogP contribution in [0, 0.1) is 0 Å². The number of nitrogens with one attached hydrogen (secondary N) is 2. The molecule has 4 nitrogen and oxygen atoms in total. The van der Waals surface area contributed by atoms with Crippen molar-refractivity contribution in [3.8, 4) is 0 Å². The van der Waals surface area contributed by atoms with Crippen molar-refractivity contribution in [2.24, 2.45) is 0 Å². The molecule has 152 valence electrons. The molecule has 0 radical (unpaired) electrons. The van der Waals surface area contributed by atoms with Crippen molar-refractivity contribution < 1.29 is 4.79 Å². The number of hydrogen-bond donors (Lipinski definition) is 2. The fourth-order valence-electron chi connectivity index (χ4n) is 3.37. The van der Waals surface area contributed by atoms with E-state index in [0.29, 0.717) is 6.42 Å². The molecule has 1 rings (SSSR count). The quantitative estimate of drug-likeness (QED) is 0.300. The summed E-state index contributed by atoms with van der Waals surface area (Å²) in [5, 5.41) is 5.33. The zero-order valence-electron chi connectivity index (χ0n) is 17.2. The van der Waals surface area contributed by atoms with Crippen LogP contribution in [0.2, 0.25) is 0 Å². The van der Waals surface area contributed by atoms with E-state index in [1.165, 1.54) is 77.0 Å². The minimum absolute atomic E-state index is 0.185. The second-order valence-electron chi connectivity index (χ2n) is 7.61. The number of carbonyl (C=O) groups is 1. The Hall–Kier alpha value is -0.870. The molecule has 2 N–H and O–H groups in total. The van der Waals surface area contributed by atoms with Gasteiger partial charge in [-0.15, -0.1) is 0 Å². The Morgan fingerprint density at radius 3 is 2.00 bits per heavy atom. The Balaban J connectivity index is 1.78. The molecule has 0 bridgehead atoms. The van der Waals surface area contributed by atoms with Crippen LogP contribution in [0.4, 0.5) is 0 Å². The average molecular weight is 366 g/mol. The maximum absolute atomic E-state index is 11.9. The third-order valence-corrected chi connectivity index (χ3v) is 5.07. The summed E-state index contributed by atoms with van der Waals surface area (Å²) < 4.78 is 0. The normalized spacial score (nSPS) is 15.6. The summed E-state index contributed by atoms with van der Waals surface area (Å²) in [6, 6.07) is 0. The van der Waals surface area contributed by atoms with Crippen molar-refractivity contribution in [2.45, 2.75) is 96.8 Å². The number of unbranched alkanes of at least 4 members (excludes halogenated alkanes) is 11. The molecule has 1 fully saturated rings. The van der Waals surface area contributed by atoms with Gasteiger partial charge in [0.05, 0.1) is 0 Å². The summed E-state index contributed by atoms with van der Waals surface area (Å²) in [5.41, 5.74) is 3.01. The minimum Gasteiger partial charge on any atom is -0.314 e. The van der Waals surface area contributed by atoms with E-state index >= 15 is 0 Å². The van der Waals surface area contributed by atoms with Crippen LogP contribution < -0.4 is 10.7 Å². The second kappa shape index (κ2) is 17.5. The van der Waals surface area contributed by atoms with Crippen molar-refractivity contribution in [3.05, 3.63) is 12.2 Å². The van der Waals surface area contributed by atoms with Crippen molar-refractivity contribution in [2.75, 3.05) is 26.2 Å². The fraction of sp³-hybridized carbons (Fsp3) is 0.864. The number of amides is 1. The molecule has 0 aliphatic carbocycles. The van der Waals surface area contributed by atoms with Crippen molar-refractivity contribution in [1.82, 2.24) is 15.8 Å². The molecule has 26 heavy (non-hydrogen) atoms. The number of allylic oxidation sites excluding steroid dienone is 2. The van der Waals surface area contributed by atoms with Crippen LogP contribution in [-0.2, 0) is 4.79 Å². The number of hydrogen-bond acceptors (Lipinski definition) is 3. The Bertz CT molecular complexity index is 351. The smallest absolute Gasteiger partial charge is 0.234 e. The SMILES string of the molecule is CCCCCCCCC=CCCCCCCCC(=O)NN1CCNCC1. The highest BCUT2D eigenvalue weighted by atomic mass is 16.2. The molecule has 1 amide bonds. The van der Waals surface area contributed by atoms with Gasteiger partial charge in [-0.2, -0.15) is 0 Å². The van der Waals surface area contributed by atoms with Crippen LogP contribution in [-0.4, -0.2) is 37.1 Å². The number of rotatable bonds is 16. The standard InChI is InChI=1S/C22H43N3O/c1-2-3-4-5-6-7-8-9-10-11-12-13-14-15-16-17-22(26)24-25-20-18-23-19-21-25/h9-10,23H,2-8,11-21H2,1H3,(H,24,26). The summed E-state index contributed by atoms with van der Waals surface area (Å²) in [6.07, 6.45) is 22.2. The van der Waals surface area contributed by atoms with Crippen molar-refractivity contribution in [3.63, 3.8) is 0 Å². The van der Waals surface area contributed by atoms with Gasteiger partial charge in [0.25, 0.3) is 0 Å². The molecule has 0 atom stereocenters. The Kier molecular flexibility index (Phi) is 15.6. The van der Waals surface area contributed by atoms with E-state index in [4.69, 9.17) is 0 Å². The third kappa shape index (κ3) is 14.3. The lowest BCUT2D eigenvalue weighted by atomic mass is 10.1. The number of hydrazine groups is 1. The van der Waals surface area contributed by atoms with Gasteiger partial charge in [-0.1, -0.05) is 70.4 Å². The number of carbonyl (C=O) groups excluding carboxylic acids is 1. The monoisotopic (exact) mass is 365 g/mol. The second-order valence-corrected chi connectivity index (χ2v) is 7.61. The van der Waals surface area contributed by atoms with Crippen LogP contribution in [0.15, 0.2) is 12.2 Å². The molecule has 1 aliphatic heterocycles. The molecular formula is C22H43N3O. The lowest BCUT2D eigenvalue weighted by molar-refractivity contribution is -0.126. The molecule has 0 aromatic rings. The minimum atomic E-state index is 0.185. The van der Waals surface area contributed by atoms with E-state index < -0.39 is 0 Å². The first-order valence-electron chi connectivity index (χ1n) is 11.2. The summed E-state index contributed by atoms with van der Waals surface area (Å²) >= 11 is 0. The first-order chi connectivity index (χ1) is 12.8. The molecule has 1 saturated heterocycles. The molecule has 0 spiro atoms. The Morgan fingerprint density at radius 2 is 1.38 bits per heavy atom. The average Bonchev–Trinajstić information content (AvgIpc) is 2.65. The van der Waals surface area contributed by atoms with Crippen LogP contribution in [0.5, 0.6) is 0 Å². The first kappa shape index (κ1) is 23.2. The molecule has 4 heteroatoms. The largest absolute Gasteiger partial charge is 0.314 e. The maximum atomic E-state index is 11.9. The van der Waals surface area contributed by atoms with E-state index in [1.807, 2.05) is 5.01 Å². The van der Waals surface area contributed by atoms with Gasteiger partial charge >= 0.3 is 0 Å². The molecular weight excluding hydrogens is 322 g/mol. The highest BCUT2D eigenvalue weighted by Gasteiger charge is 2.11. The van der Waals surface area contributed by atoms with Gasteiger partial charge in [0.15, 0.2) is 0 Å². The molecule has 0 unspecified atom stereocenters. The Morgan fingerprint density at radius 1 is 0.846 bits per heavy atom. The third-order valence-electron chi connectivity index (χ3n) is 5.07. The van der Waals surface area contributed by atoms with Crippen LogP contribution in [0.3, 0.4) is 0 Å². The van der Waals surface area contributed by atoms with Crippen LogP contribution >= 0.6 is 0 Å². The van der Waals surface area contributed by atoms with Gasteiger partial charge in [0, 0.05) is 32.6 Å². The fourth-order valence-corrected chi connectivity index (χ4v) is 3.37. The topological polar surface area (TPSA) is 44.4 Å². The zero-order chi connectivity index (χ0) is 18.7. The van der Waals surface area contributed by atoms with E-state index in [2.05, 4.69) is 29.8 Å². The van der Waals surface area contributed by atoms with Crippen molar-refractivity contribution >= 4 is 5.91 Å². The lowest BCUT2D eigenvalue weighted by Gasteiger charge is -2.27. The molecule has 1 aliphatic rings. The van der Waals surface area contributed by atoms with Gasteiger partial charge in [0.1, 0.15) is 0 Å². The number of nitrogens with zero attached hydrogens (tertiary/aromatic N) is 1. The van der Waals surface area contributed by atoms with E-state index in [-0.39, 0.29) is 5.91 Å². The highest BCUT2D eigenvalue weighted by Crippen LogP contribution is 2.10. The molecule has 1 heterocycles. The van der Waals surface area contributed by atoms with Crippen LogP contribution in [0.1, 0.15) is 96.8 Å². The highest BCUT2D eigenvalue weighted by molar-refractivity contribution is 5.75.